The molecule has 1 heterocycles. The van der Waals surface area contributed by atoms with Crippen molar-refractivity contribution < 1.29 is 0 Å². The molecule has 4 unspecified atom stereocenters. The molecule has 1 N–H and O–H groups in total. The Kier molecular flexibility index (Phi) is 4.00. The molecule has 2 heteroatoms. The lowest BCUT2D eigenvalue weighted by atomic mass is 9.95. The molecule has 3 aliphatic rings. The first-order valence-electron chi connectivity index (χ1n) is 8.92. The molecular weight excluding hydrogens is 256 g/mol. The molecule has 0 aromatic heterocycles. The average molecular weight is 284 g/mol. The summed E-state index contributed by atoms with van der Waals surface area (Å²) in [4.78, 5) is 2.69. The fourth-order valence-electron chi connectivity index (χ4n) is 4.94. The normalized spacial score (nSPS) is 33.6. The average Bonchev–Trinajstić information content (AvgIpc) is 3.26. The minimum Gasteiger partial charge on any atom is -0.312 e. The van der Waals surface area contributed by atoms with Crippen LogP contribution in [0.2, 0.25) is 0 Å². The van der Waals surface area contributed by atoms with Gasteiger partial charge in [-0.25, -0.2) is 0 Å². The van der Waals surface area contributed by atoms with E-state index in [1.807, 2.05) is 0 Å². The SMILES string of the molecule is c1ccc(C(CNC2CC3CCC2C3)N2CCCC2)cc1. The maximum atomic E-state index is 3.95. The molecule has 21 heavy (non-hydrogen) atoms. The number of hydrogen-bond donors (Lipinski definition) is 1. The number of benzene rings is 1. The largest absolute Gasteiger partial charge is 0.312 e. The minimum atomic E-state index is 0.577. The first-order chi connectivity index (χ1) is 10.4. The van der Waals surface area contributed by atoms with Crippen LogP contribution in [0.3, 0.4) is 0 Å². The van der Waals surface area contributed by atoms with Crippen LogP contribution in [0, 0.1) is 11.8 Å². The molecule has 2 nitrogen and oxygen atoms in total. The molecule has 2 saturated carbocycles. The molecule has 114 valence electrons. The summed E-state index contributed by atoms with van der Waals surface area (Å²) < 4.78 is 0. The van der Waals surface area contributed by atoms with Gasteiger partial charge in [-0.2, -0.15) is 0 Å². The third-order valence-corrected chi connectivity index (χ3v) is 6.08. The molecule has 2 bridgehead atoms. The van der Waals surface area contributed by atoms with Crippen LogP contribution in [0.25, 0.3) is 0 Å². The molecule has 4 atom stereocenters. The standard InChI is InChI=1S/C19H28N2/c1-2-6-16(7-3-1)19(21-10-4-5-11-21)14-20-18-13-15-8-9-17(18)12-15/h1-3,6-7,15,17-20H,4-5,8-14H2. The summed E-state index contributed by atoms with van der Waals surface area (Å²) in [5, 5.41) is 3.95. The zero-order chi connectivity index (χ0) is 14.1. The first kappa shape index (κ1) is 13.8. The van der Waals surface area contributed by atoms with Gasteiger partial charge in [0.1, 0.15) is 0 Å². The van der Waals surface area contributed by atoms with Gasteiger partial charge in [0, 0.05) is 18.6 Å². The molecule has 1 aromatic carbocycles. The maximum Gasteiger partial charge on any atom is 0.0472 e. The summed E-state index contributed by atoms with van der Waals surface area (Å²) in [5.74, 6) is 2.01. The van der Waals surface area contributed by atoms with Crippen molar-refractivity contribution in [2.45, 2.75) is 50.6 Å². The van der Waals surface area contributed by atoms with E-state index in [9.17, 15) is 0 Å². The Morgan fingerprint density at radius 3 is 2.52 bits per heavy atom. The highest BCUT2D eigenvalue weighted by molar-refractivity contribution is 5.20. The lowest BCUT2D eigenvalue weighted by molar-refractivity contribution is 0.222. The van der Waals surface area contributed by atoms with Crippen LogP contribution >= 0.6 is 0 Å². The molecular formula is C19H28N2. The molecule has 1 saturated heterocycles. The van der Waals surface area contributed by atoms with Crippen LogP contribution in [-0.2, 0) is 0 Å². The summed E-state index contributed by atoms with van der Waals surface area (Å²) in [6, 6.07) is 12.5. The van der Waals surface area contributed by atoms with Crippen LogP contribution in [0.15, 0.2) is 30.3 Å². The molecule has 4 rings (SSSR count). The van der Waals surface area contributed by atoms with Crippen molar-refractivity contribution in [2.24, 2.45) is 11.8 Å². The predicted octanol–water partition coefficient (Wildman–Crippen LogP) is 3.60. The van der Waals surface area contributed by atoms with Crippen molar-refractivity contribution in [3.63, 3.8) is 0 Å². The molecule has 0 amide bonds. The third kappa shape index (κ3) is 2.89. The molecule has 1 aliphatic heterocycles. The van der Waals surface area contributed by atoms with E-state index in [1.54, 1.807) is 0 Å². The van der Waals surface area contributed by atoms with Crippen LogP contribution in [0.4, 0.5) is 0 Å². The zero-order valence-electron chi connectivity index (χ0n) is 13.0. The van der Waals surface area contributed by atoms with Gasteiger partial charge in [0.2, 0.25) is 0 Å². The number of hydrogen-bond acceptors (Lipinski definition) is 2. The maximum absolute atomic E-state index is 3.95. The first-order valence-corrected chi connectivity index (χ1v) is 8.92. The molecule has 0 radical (unpaired) electrons. The Morgan fingerprint density at radius 2 is 1.86 bits per heavy atom. The van der Waals surface area contributed by atoms with Gasteiger partial charge in [-0.05, 0) is 62.6 Å². The van der Waals surface area contributed by atoms with E-state index in [0.717, 1.165) is 24.4 Å². The van der Waals surface area contributed by atoms with Gasteiger partial charge in [-0.1, -0.05) is 36.8 Å². The highest BCUT2D eigenvalue weighted by Gasteiger charge is 2.39. The molecule has 3 fully saturated rings. The van der Waals surface area contributed by atoms with Crippen molar-refractivity contribution >= 4 is 0 Å². The second-order valence-corrected chi connectivity index (χ2v) is 7.36. The van der Waals surface area contributed by atoms with Gasteiger partial charge in [-0.3, -0.25) is 4.90 Å². The van der Waals surface area contributed by atoms with Crippen LogP contribution in [-0.4, -0.2) is 30.6 Å². The topological polar surface area (TPSA) is 15.3 Å². The fraction of sp³-hybridized carbons (Fsp3) is 0.684. The quantitative estimate of drug-likeness (QED) is 0.888. The van der Waals surface area contributed by atoms with Gasteiger partial charge in [0.05, 0.1) is 0 Å². The van der Waals surface area contributed by atoms with Crippen LogP contribution in [0.1, 0.15) is 50.1 Å². The van der Waals surface area contributed by atoms with E-state index < -0.39 is 0 Å². The van der Waals surface area contributed by atoms with E-state index >= 15 is 0 Å². The molecule has 0 spiro atoms. The number of rotatable bonds is 5. The third-order valence-electron chi connectivity index (χ3n) is 6.08. The summed E-state index contributed by atoms with van der Waals surface area (Å²) in [7, 11) is 0. The Morgan fingerprint density at radius 1 is 1.05 bits per heavy atom. The highest BCUT2D eigenvalue weighted by atomic mass is 15.2. The monoisotopic (exact) mass is 284 g/mol. The molecule has 2 aliphatic carbocycles. The van der Waals surface area contributed by atoms with Gasteiger partial charge in [0.25, 0.3) is 0 Å². The summed E-state index contributed by atoms with van der Waals surface area (Å²) in [6.45, 7) is 3.69. The minimum absolute atomic E-state index is 0.577. The lowest BCUT2D eigenvalue weighted by Gasteiger charge is -2.31. The van der Waals surface area contributed by atoms with E-state index in [2.05, 4.69) is 40.5 Å². The highest BCUT2D eigenvalue weighted by Crippen LogP contribution is 2.44. The molecule has 1 aromatic rings. The lowest BCUT2D eigenvalue weighted by Crippen LogP contribution is -2.41. The van der Waals surface area contributed by atoms with Crippen LogP contribution in [0.5, 0.6) is 0 Å². The van der Waals surface area contributed by atoms with Crippen LogP contribution < -0.4 is 5.32 Å². The number of nitrogens with one attached hydrogen (secondary N) is 1. The summed E-state index contributed by atoms with van der Waals surface area (Å²) in [5.41, 5.74) is 1.50. The predicted molar refractivity (Wildman–Crippen MR) is 87.2 cm³/mol. The Labute approximate surface area is 128 Å². The Bertz CT molecular complexity index is 452. The van der Waals surface area contributed by atoms with E-state index in [0.29, 0.717) is 6.04 Å². The van der Waals surface area contributed by atoms with E-state index in [1.165, 1.54) is 57.2 Å². The second kappa shape index (κ2) is 6.10. The fourth-order valence-corrected chi connectivity index (χ4v) is 4.94. The number of fused-ring (bicyclic) bond motifs is 2. The van der Waals surface area contributed by atoms with E-state index in [-0.39, 0.29) is 0 Å². The Balaban J connectivity index is 1.42. The van der Waals surface area contributed by atoms with E-state index in [4.69, 9.17) is 0 Å². The van der Waals surface area contributed by atoms with Crippen molar-refractivity contribution in [1.82, 2.24) is 10.2 Å². The van der Waals surface area contributed by atoms with Crippen molar-refractivity contribution in [2.75, 3.05) is 19.6 Å². The second-order valence-electron chi connectivity index (χ2n) is 7.36. The Hall–Kier alpha value is -0.860. The van der Waals surface area contributed by atoms with Crippen molar-refractivity contribution in [3.05, 3.63) is 35.9 Å². The van der Waals surface area contributed by atoms with Gasteiger partial charge in [-0.15, -0.1) is 0 Å². The summed E-state index contributed by atoms with van der Waals surface area (Å²) in [6.07, 6.45) is 8.65. The van der Waals surface area contributed by atoms with Crippen molar-refractivity contribution in [1.29, 1.82) is 0 Å². The van der Waals surface area contributed by atoms with Gasteiger partial charge >= 0.3 is 0 Å². The van der Waals surface area contributed by atoms with Crippen molar-refractivity contribution in [3.8, 4) is 0 Å². The number of likely N-dealkylation sites (tertiary alicyclic amines) is 1. The number of nitrogens with zero attached hydrogens (tertiary/aromatic N) is 1. The summed E-state index contributed by atoms with van der Waals surface area (Å²) >= 11 is 0. The van der Waals surface area contributed by atoms with Gasteiger partial charge in [0.15, 0.2) is 0 Å². The zero-order valence-corrected chi connectivity index (χ0v) is 13.0. The smallest absolute Gasteiger partial charge is 0.0472 e. The van der Waals surface area contributed by atoms with Gasteiger partial charge < -0.3 is 5.32 Å².